The first kappa shape index (κ1) is 24.5. The molecule has 0 N–H and O–H groups in total. The van der Waals surface area contributed by atoms with Gasteiger partial charge in [-0.15, -0.1) is 0 Å². The number of rotatable bonds is 13. The second-order valence-corrected chi connectivity index (χ2v) is 10.1. The van der Waals surface area contributed by atoms with Crippen LogP contribution >= 0.6 is 0 Å². The molecule has 0 amide bonds. The van der Waals surface area contributed by atoms with Gasteiger partial charge in [0.05, 0.1) is 0 Å². The Morgan fingerprint density at radius 3 is 1.97 bits per heavy atom. The van der Waals surface area contributed by atoms with Crippen LogP contribution in [-0.2, 0) is 11.8 Å². The Labute approximate surface area is 208 Å². The summed E-state index contributed by atoms with van der Waals surface area (Å²) < 4.78 is 0. The van der Waals surface area contributed by atoms with Crippen LogP contribution in [0.3, 0.4) is 0 Å². The van der Waals surface area contributed by atoms with E-state index in [2.05, 4.69) is 98.8 Å². The predicted molar refractivity (Wildman–Crippen MR) is 149 cm³/mol. The number of unbranched alkanes of at least 4 members (excludes halogenated alkanes) is 6. The molecule has 1 aliphatic carbocycles. The molecule has 0 radical (unpaired) electrons. The first-order valence-electron chi connectivity index (χ1n) is 13.7. The Bertz CT molecular complexity index is 1040. The highest BCUT2D eigenvalue weighted by Crippen LogP contribution is 2.54. The van der Waals surface area contributed by atoms with E-state index in [0.717, 1.165) is 6.42 Å². The van der Waals surface area contributed by atoms with Gasteiger partial charge >= 0.3 is 0 Å². The fraction of sp³-hybridized carbons (Fsp3) is 0.412. The van der Waals surface area contributed by atoms with Gasteiger partial charge in [0.1, 0.15) is 0 Å². The topological polar surface area (TPSA) is 0 Å². The Balaban J connectivity index is 1.66. The molecule has 0 heterocycles. The van der Waals surface area contributed by atoms with Crippen molar-refractivity contribution in [3.8, 4) is 11.1 Å². The SMILES string of the molecule is CCCCCCC1(CCCCCC)c2ccccc2-c2ccc(/C=C/Cc3ccccc3)cc21. The first-order valence-corrected chi connectivity index (χ1v) is 13.7. The molecule has 0 saturated heterocycles. The van der Waals surface area contributed by atoms with Gasteiger partial charge in [-0.25, -0.2) is 0 Å². The van der Waals surface area contributed by atoms with E-state index >= 15 is 0 Å². The minimum absolute atomic E-state index is 0.177. The number of allylic oxidation sites excluding steroid dienone is 1. The zero-order valence-electron chi connectivity index (χ0n) is 21.4. The van der Waals surface area contributed by atoms with E-state index in [9.17, 15) is 0 Å². The second-order valence-electron chi connectivity index (χ2n) is 10.1. The van der Waals surface area contributed by atoms with Crippen LogP contribution < -0.4 is 0 Å². The summed E-state index contributed by atoms with van der Waals surface area (Å²) >= 11 is 0. The maximum absolute atomic E-state index is 2.52. The van der Waals surface area contributed by atoms with Crippen molar-refractivity contribution < 1.29 is 0 Å². The maximum atomic E-state index is 2.52. The molecule has 178 valence electrons. The molecule has 0 aliphatic heterocycles. The van der Waals surface area contributed by atoms with Crippen LogP contribution in [0.15, 0.2) is 78.9 Å². The Hall–Kier alpha value is -2.60. The molecule has 0 atom stereocenters. The summed E-state index contributed by atoms with van der Waals surface area (Å²) in [6.45, 7) is 4.63. The predicted octanol–water partition coefficient (Wildman–Crippen LogP) is 10.1. The minimum atomic E-state index is 0.177. The van der Waals surface area contributed by atoms with Gasteiger partial charge in [-0.05, 0) is 52.6 Å². The van der Waals surface area contributed by atoms with Crippen molar-refractivity contribution >= 4 is 6.08 Å². The molecule has 0 nitrogen and oxygen atoms in total. The van der Waals surface area contributed by atoms with Gasteiger partial charge in [-0.3, -0.25) is 0 Å². The molecule has 0 unspecified atom stereocenters. The lowest BCUT2D eigenvalue weighted by Gasteiger charge is -2.33. The van der Waals surface area contributed by atoms with Gasteiger partial charge in [0.15, 0.2) is 0 Å². The van der Waals surface area contributed by atoms with Crippen molar-refractivity contribution in [3.63, 3.8) is 0 Å². The van der Waals surface area contributed by atoms with Crippen molar-refractivity contribution in [3.05, 3.63) is 101 Å². The van der Waals surface area contributed by atoms with E-state index < -0.39 is 0 Å². The van der Waals surface area contributed by atoms with Crippen LogP contribution in [0.4, 0.5) is 0 Å². The summed E-state index contributed by atoms with van der Waals surface area (Å²) in [7, 11) is 0. The van der Waals surface area contributed by atoms with Crippen molar-refractivity contribution in [2.75, 3.05) is 0 Å². The molecule has 0 bridgehead atoms. The number of benzene rings is 3. The monoisotopic (exact) mass is 450 g/mol. The zero-order valence-corrected chi connectivity index (χ0v) is 21.4. The summed E-state index contributed by atoms with van der Waals surface area (Å²) in [6, 6.07) is 27.3. The van der Waals surface area contributed by atoms with Crippen LogP contribution in [0, 0.1) is 0 Å². The summed E-state index contributed by atoms with van der Waals surface area (Å²) in [5.74, 6) is 0. The summed E-state index contributed by atoms with van der Waals surface area (Å²) in [5, 5.41) is 0. The zero-order chi connectivity index (χ0) is 23.6. The molecule has 1 aliphatic rings. The standard InChI is InChI=1S/C34H42/c1-3-5-7-14-25-34(26-15-8-6-4-2)32-22-13-12-21-30(32)31-24-23-29(27-33(31)34)20-16-19-28-17-10-9-11-18-28/h9-13,16-18,20-24,27H,3-8,14-15,19,25-26H2,1-2H3/b20-16+. The van der Waals surface area contributed by atoms with Crippen LogP contribution in [0.2, 0.25) is 0 Å². The Kier molecular flexibility index (Phi) is 8.80. The summed E-state index contributed by atoms with van der Waals surface area (Å²) in [4.78, 5) is 0. The molecule has 4 rings (SSSR count). The molecule has 0 spiro atoms. The van der Waals surface area contributed by atoms with Crippen LogP contribution in [-0.4, -0.2) is 0 Å². The second kappa shape index (κ2) is 12.2. The molecule has 0 heteroatoms. The maximum Gasteiger partial charge on any atom is 0.0215 e. The lowest BCUT2D eigenvalue weighted by atomic mass is 9.70. The normalized spacial score (nSPS) is 13.8. The quantitative estimate of drug-likeness (QED) is 0.227. The van der Waals surface area contributed by atoms with Crippen molar-refractivity contribution in [2.45, 2.75) is 89.9 Å². The lowest BCUT2D eigenvalue weighted by Crippen LogP contribution is -2.25. The fourth-order valence-electron chi connectivity index (χ4n) is 5.89. The number of hydrogen-bond donors (Lipinski definition) is 0. The molecular formula is C34H42. The van der Waals surface area contributed by atoms with Gasteiger partial charge in [-0.1, -0.05) is 150 Å². The van der Waals surface area contributed by atoms with Gasteiger partial charge in [0.2, 0.25) is 0 Å². The van der Waals surface area contributed by atoms with Crippen LogP contribution in [0.5, 0.6) is 0 Å². The molecule has 0 fully saturated rings. The van der Waals surface area contributed by atoms with Crippen LogP contribution in [0.25, 0.3) is 17.2 Å². The van der Waals surface area contributed by atoms with E-state index in [0.29, 0.717) is 0 Å². The van der Waals surface area contributed by atoms with E-state index in [4.69, 9.17) is 0 Å². The molecule has 3 aromatic carbocycles. The molecule has 0 saturated carbocycles. The number of fused-ring (bicyclic) bond motifs is 3. The Morgan fingerprint density at radius 1 is 0.618 bits per heavy atom. The summed E-state index contributed by atoms with van der Waals surface area (Å²) in [5.41, 5.74) is 9.01. The van der Waals surface area contributed by atoms with E-state index in [1.54, 1.807) is 11.1 Å². The van der Waals surface area contributed by atoms with E-state index in [1.165, 1.54) is 86.5 Å². The van der Waals surface area contributed by atoms with E-state index in [1.807, 2.05) is 0 Å². The lowest BCUT2D eigenvalue weighted by molar-refractivity contribution is 0.401. The third-order valence-electron chi connectivity index (χ3n) is 7.71. The fourth-order valence-corrected chi connectivity index (χ4v) is 5.89. The van der Waals surface area contributed by atoms with Crippen molar-refractivity contribution in [1.82, 2.24) is 0 Å². The highest BCUT2D eigenvalue weighted by Gasteiger charge is 2.41. The molecule has 34 heavy (non-hydrogen) atoms. The smallest absolute Gasteiger partial charge is 0.0215 e. The van der Waals surface area contributed by atoms with E-state index in [-0.39, 0.29) is 5.41 Å². The van der Waals surface area contributed by atoms with Gasteiger partial charge in [-0.2, -0.15) is 0 Å². The minimum Gasteiger partial charge on any atom is -0.0795 e. The van der Waals surface area contributed by atoms with Gasteiger partial charge in [0, 0.05) is 5.41 Å². The van der Waals surface area contributed by atoms with Crippen LogP contribution in [0.1, 0.15) is 100 Å². The average Bonchev–Trinajstić information content (AvgIpc) is 3.15. The van der Waals surface area contributed by atoms with Gasteiger partial charge < -0.3 is 0 Å². The highest BCUT2D eigenvalue weighted by atomic mass is 14.4. The largest absolute Gasteiger partial charge is 0.0795 e. The van der Waals surface area contributed by atoms with Crippen molar-refractivity contribution in [2.24, 2.45) is 0 Å². The van der Waals surface area contributed by atoms with Crippen molar-refractivity contribution in [1.29, 1.82) is 0 Å². The average molecular weight is 451 g/mol. The third-order valence-corrected chi connectivity index (χ3v) is 7.71. The number of hydrogen-bond acceptors (Lipinski definition) is 0. The molecule has 3 aromatic rings. The highest BCUT2D eigenvalue weighted by molar-refractivity contribution is 5.82. The van der Waals surface area contributed by atoms with Gasteiger partial charge in [0.25, 0.3) is 0 Å². The Morgan fingerprint density at radius 2 is 1.26 bits per heavy atom. The summed E-state index contributed by atoms with van der Waals surface area (Å²) in [6.07, 6.45) is 18.8. The molecule has 0 aromatic heterocycles. The molecular weight excluding hydrogens is 408 g/mol. The first-order chi connectivity index (χ1) is 16.8. The third kappa shape index (κ3) is 5.54.